The molecule has 1 atom stereocenters. The van der Waals surface area contributed by atoms with Crippen LogP contribution in [0.5, 0.6) is 5.75 Å². The second-order valence-corrected chi connectivity index (χ2v) is 4.40. The number of rotatable bonds is 7. The molecule has 0 aromatic heterocycles. The molecule has 4 nitrogen and oxygen atoms in total. The van der Waals surface area contributed by atoms with Crippen LogP contribution in [-0.2, 0) is 10.7 Å². The molecule has 1 amide bonds. The number of nitrogens with one attached hydrogen (secondary N) is 1. The second kappa shape index (κ2) is 7.19. The first-order valence-corrected chi connectivity index (χ1v) is 6.46. The monoisotopic (exact) mass is 287 g/mol. The third-order valence-electron chi connectivity index (χ3n) is 2.66. The largest absolute Gasteiger partial charge is 0.493 e. The zero-order chi connectivity index (χ0) is 15.2. The standard InChI is InChI=1S/C14H19F2NO3/c1-3-20-12-7-5-4-6-11(12)14(15,16)13(19)17-9-8-10(2)18/h4-7,10,18H,3,8-9H2,1-2H3,(H,17,19). The first kappa shape index (κ1) is 16.4. The molecule has 0 heterocycles. The van der Waals surface area contributed by atoms with E-state index in [0.29, 0.717) is 0 Å². The van der Waals surface area contributed by atoms with E-state index in [1.54, 1.807) is 13.0 Å². The van der Waals surface area contributed by atoms with E-state index in [1.807, 2.05) is 0 Å². The van der Waals surface area contributed by atoms with E-state index in [2.05, 4.69) is 5.32 Å². The third kappa shape index (κ3) is 4.16. The molecule has 0 bridgehead atoms. The zero-order valence-corrected chi connectivity index (χ0v) is 11.5. The highest BCUT2D eigenvalue weighted by molar-refractivity contribution is 5.85. The highest BCUT2D eigenvalue weighted by Gasteiger charge is 2.43. The molecule has 0 saturated carbocycles. The summed E-state index contributed by atoms with van der Waals surface area (Å²) < 4.78 is 33.3. The summed E-state index contributed by atoms with van der Waals surface area (Å²) in [6.45, 7) is 3.42. The number of alkyl halides is 2. The summed E-state index contributed by atoms with van der Waals surface area (Å²) in [5.74, 6) is -5.08. The summed E-state index contributed by atoms with van der Waals surface area (Å²) in [6.07, 6.45) is -0.436. The SMILES string of the molecule is CCOc1ccccc1C(F)(F)C(=O)NCCC(C)O. The number of hydrogen-bond acceptors (Lipinski definition) is 3. The molecular formula is C14H19F2NO3. The molecule has 0 radical (unpaired) electrons. The number of ether oxygens (including phenoxy) is 1. The van der Waals surface area contributed by atoms with Crippen LogP contribution in [0.25, 0.3) is 0 Å². The van der Waals surface area contributed by atoms with Gasteiger partial charge < -0.3 is 15.2 Å². The van der Waals surface area contributed by atoms with Crippen molar-refractivity contribution >= 4 is 5.91 Å². The topological polar surface area (TPSA) is 58.6 Å². The predicted molar refractivity (Wildman–Crippen MR) is 70.8 cm³/mol. The van der Waals surface area contributed by atoms with Gasteiger partial charge in [-0.2, -0.15) is 8.78 Å². The van der Waals surface area contributed by atoms with Crippen molar-refractivity contribution in [2.24, 2.45) is 0 Å². The van der Waals surface area contributed by atoms with E-state index in [1.165, 1.54) is 25.1 Å². The molecule has 112 valence electrons. The van der Waals surface area contributed by atoms with Crippen molar-refractivity contribution in [1.29, 1.82) is 0 Å². The Bertz CT molecular complexity index is 450. The predicted octanol–water partition coefficient (Wildman–Crippen LogP) is 2.06. The molecule has 0 aliphatic carbocycles. The van der Waals surface area contributed by atoms with Crippen LogP contribution in [0.4, 0.5) is 8.78 Å². The molecule has 20 heavy (non-hydrogen) atoms. The summed E-state index contributed by atoms with van der Waals surface area (Å²) in [5.41, 5.74) is -0.462. The average Bonchev–Trinajstić information content (AvgIpc) is 2.39. The lowest BCUT2D eigenvalue weighted by molar-refractivity contribution is -0.147. The van der Waals surface area contributed by atoms with E-state index in [0.717, 1.165) is 0 Å². The molecule has 0 spiro atoms. The van der Waals surface area contributed by atoms with Crippen molar-refractivity contribution in [2.45, 2.75) is 32.3 Å². The van der Waals surface area contributed by atoms with Crippen molar-refractivity contribution in [1.82, 2.24) is 5.32 Å². The Morgan fingerprint density at radius 2 is 2.10 bits per heavy atom. The smallest absolute Gasteiger partial charge is 0.353 e. The van der Waals surface area contributed by atoms with Crippen molar-refractivity contribution < 1.29 is 23.4 Å². The van der Waals surface area contributed by atoms with Crippen molar-refractivity contribution in [3.63, 3.8) is 0 Å². The van der Waals surface area contributed by atoms with Gasteiger partial charge >= 0.3 is 5.92 Å². The summed E-state index contributed by atoms with van der Waals surface area (Å²) in [4.78, 5) is 11.6. The van der Waals surface area contributed by atoms with Gasteiger partial charge in [0.2, 0.25) is 0 Å². The van der Waals surface area contributed by atoms with Crippen molar-refractivity contribution in [3.05, 3.63) is 29.8 Å². The van der Waals surface area contributed by atoms with Crippen LogP contribution < -0.4 is 10.1 Å². The van der Waals surface area contributed by atoms with Gasteiger partial charge in [0.15, 0.2) is 0 Å². The Hall–Kier alpha value is -1.69. The van der Waals surface area contributed by atoms with Crippen LogP contribution in [-0.4, -0.2) is 30.3 Å². The van der Waals surface area contributed by atoms with Crippen molar-refractivity contribution in [2.75, 3.05) is 13.2 Å². The van der Waals surface area contributed by atoms with Crippen LogP contribution in [0.15, 0.2) is 24.3 Å². The van der Waals surface area contributed by atoms with Crippen LogP contribution in [0, 0.1) is 0 Å². The quantitative estimate of drug-likeness (QED) is 0.807. The van der Waals surface area contributed by atoms with Gasteiger partial charge in [0.05, 0.1) is 18.3 Å². The van der Waals surface area contributed by atoms with Gasteiger partial charge in [-0.1, -0.05) is 12.1 Å². The number of aliphatic hydroxyl groups is 1. The second-order valence-electron chi connectivity index (χ2n) is 4.40. The van der Waals surface area contributed by atoms with E-state index in [4.69, 9.17) is 9.84 Å². The van der Waals surface area contributed by atoms with E-state index in [9.17, 15) is 13.6 Å². The minimum Gasteiger partial charge on any atom is -0.493 e. The molecule has 6 heteroatoms. The normalized spacial score (nSPS) is 12.8. The molecule has 2 N–H and O–H groups in total. The number of halogens is 2. The highest BCUT2D eigenvalue weighted by atomic mass is 19.3. The molecule has 1 rings (SSSR count). The van der Waals surface area contributed by atoms with Gasteiger partial charge in [-0.25, -0.2) is 0 Å². The van der Waals surface area contributed by atoms with E-state index in [-0.39, 0.29) is 25.3 Å². The number of hydrogen-bond donors (Lipinski definition) is 2. The Morgan fingerprint density at radius 3 is 2.70 bits per heavy atom. The highest BCUT2D eigenvalue weighted by Crippen LogP contribution is 2.35. The summed E-state index contributed by atoms with van der Waals surface area (Å²) in [5, 5.41) is 11.2. The minimum atomic E-state index is -3.68. The Morgan fingerprint density at radius 1 is 1.45 bits per heavy atom. The fourth-order valence-electron chi connectivity index (χ4n) is 1.64. The average molecular weight is 287 g/mol. The Kier molecular flexibility index (Phi) is 5.88. The van der Waals surface area contributed by atoms with Gasteiger partial charge in [0.25, 0.3) is 5.91 Å². The van der Waals surface area contributed by atoms with Gasteiger partial charge in [0.1, 0.15) is 5.75 Å². The number of aliphatic hydroxyl groups excluding tert-OH is 1. The summed E-state index contributed by atoms with van der Waals surface area (Å²) in [6, 6.07) is 5.56. The number of carbonyl (C=O) groups excluding carboxylic acids is 1. The van der Waals surface area contributed by atoms with Crippen LogP contribution in [0.1, 0.15) is 25.8 Å². The van der Waals surface area contributed by atoms with Crippen LogP contribution in [0.2, 0.25) is 0 Å². The van der Waals surface area contributed by atoms with Crippen molar-refractivity contribution in [3.8, 4) is 5.75 Å². The number of amides is 1. The molecule has 1 aromatic rings. The molecule has 0 aliphatic rings. The molecule has 1 unspecified atom stereocenters. The maximum absolute atomic E-state index is 14.1. The number of carbonyl (C=O) groups is 1. The number of benzene rings is 1. The molecule has 0 saturated heterocycles. The van der Waals surface area contributed by atoms with Crippen LogP contribution >= 0.6 is 0 Å². The zero-order valence-electron chi connectivity index (χ0n) is 11.5. The lowest BCUT2D eigenvalue weighted by Gasteiger charge is -2.19. The molecule has 0 aliphatic heterocycles. The fraction of sp³-hybridized carbons (Fsp3) is 0.500. The maximum atomic E-state index is 14.1. The van der Waals surface area contributed by atoms with Gasteiger partial charge in [0, 0.05) is 6.54 Å². The Labute approximate surface area is 116 Å². The maximum Gasteiger partial charge on any atom is 0.353 e. The van der Waals surface area contributed by atoms with Gasteiger partial charge in [-0.05, 0) is 32.4 Å². The van der Waals surface area contributed by atoms with Gasteiger partial charge in [-0.3, -0.25) is 4.79 Å². The molecular weight excluding hydrogens is 268 g/mol. The van der Waals surface area contributed by atoms with E-state index < -0.39 is 23.5 Å². The van der Waals surface area contributed by atoms with Crippen LogP contribution in [0.3, 0.4) is 0 Å². The summed E-state index contributed by atoms with van der Waals surface area (Å²) in [7, 11) is 0. The minimum absolute atomic E-state index is 0.00863. The summed E-state index contributed by atoms with van der Waals surface area (Å²) >= 11 is 0. The number of para-hydroxylation sites is 1. The molecule has 1 aromatic carbocycles. The van der Waals surface area contributed by atoms with E-state index >= 15 is 0 Å². The fourth-order valence-corrected chi connectivity index (χ4v) is 1.64. The lowest BCUT2D eigenvalue weighted by Crippen LogP contribution is -2.39. The molecule has 0 fully saturated rings. The third-order valence-corrected chi connectivity index (χ3v) is 2.66. The first-order chi connectivity index (χ1) is 9.39. The van der Waals surface area contributed by atoms with Gasteiger partial charge in [-0.15, -0.1) is 0 Å². The Balaban J connectivity index is 2.84. The lowest BCUT2D eigenvalue weighted by atomic mass is 10.1. The first-order valence-electron chi connectivity index (χ1n) is 6.46.